The number of benzene rings is 2. The molecule has 0 N–H and O–H groups in total. The number of hydrogen-bond donors (Lipinski definition) is 0. The Balaban J connectivity index is 2.27. The Morgan fingerprint density at radius 1 is 1.22 bits per heavy atom. The lowest BCUT2D eigenvalue weighted by molar-refractivity contribution is 0.101. The lowest BCUT2D eigenvalue weighted by Gasteiger charge is -2.05. The van der Waals surface area contributed by atoms with E-state index < -0.39 is 5.82 Å². The lowest BCUT2D eigenvalue weighted by Crippen LogP contribution is -1.93. The number of ketones is 1. The van der Waals surface area contributed by atoms with Gasteiger partial charge in [0.15, 0.2) is 5.78 Å². The number of Topliss-reactive ketones (excluding diaryl/α,β-unsaturated/α-hetero) is 1. The monoisotopic (exact) mass is 280 g/mol. The topological polar surface area (TPSA) is 17.1 Å². The van der Waals surface area contributed by atoms with Crippen LogP contribution in [0.25, 0.3) is 0 Å². The molecule has 0 fully saturated rings. The predicted molar refractivity (Wildman–Crippen MR) is 72.0 cm³/mol. The second kappa shape index (κ2) is 5.55. The highest BCUT2D eigenvalue weighted by atomic mass is 35.5. The van der Waals surface area contributed by atoms with Crippen LogP contribution in [0.1, 0.15) is 17.3 Å². The molecule has 0 spiro atoms. The van der Waals surface area contributed by atoms with Crippen molar-refractivity contribution in [2.75, 3.05) is 0 Å². The van der Waals surface area contributed by atoms with E-state index in [1.54, 1.807) is 24.3 Å². The molecular weight excluding hydrogens is 271 g/mol. The van der Waals surface area contributed by atoms with Crippen molar-refractivity contribution in [3.8, 4) is 0 Å². The smallest absolute Gasteiger partial charge is 0.159 e. The van der Waals surface area contributed by atoms with Gasteiger partial charge in [0, 0.05) is 20.4 Å². The zero-order valence-corrected chi connectivity index (χ0v) is 11.2. The molecule has 0 aliphatic carbocycles. The van der Waals surface area contributed by atoms with Gasteiger partial charge in [-0.1, -0.05) is 35.5 Å². The van der Waals surface area contributed by atoms with Crippen molar-refractivity contribution >= 4 is 29.1 Å². The maximum Gasteiger partial charge on any atom is 0.159 e. The van der Waals surface area contributed by atoms with E-state index in [9.17, 15) is 9.18 Å². The highest BCUT2D eigenvalue weighted by molar-refractivity contribution is 7.99. The molecule has 2 aromatic rings. The molecule has 0 saturated carbocycles. The third-order valence-electron chi connectivity index (χ3n) is 2.36. The Hall–Kier alpha value is -1.32. The van der Waals surface area contributed by atoms with Crippen LogP contribution in [0, 0.1) is 5.82 Å². The molecule has 0 atom stereocenters. The van der Waals surface area contributed by atoms with E-state index in [4.69, 9.17) is 11.6 Å². The minimum absolute atomic E-state index is 0.145. The van der Waals surface area contributed by atoms with Gasteiger partial charge in [0.05, 0.1) is 0 Å². The Morgan fingerprint density at radius 3 is 2.61 bits per heavy atom. The molecule has 0 saturated heterocycles. The molecule has 0 radical (unpaired) electrons. The zero-order chi connectivity index (χ0) is 13.1. The number of hydrogen-bond acceptors (Lipinski definition) is 2. The fourth-order valence-corrected chi connectivity index (χ4v) is 2.59. The first-order valence-corrected chi connectivity index (χ1v) is 6.49. The predicted octanol–water partition coefficient (Wildman–Crippen LogP) is 4.83. The number of carbonyl (C=O) groups excluding carboxylic acids is 1. The van der Waals surface area contributed by atoms with Gasteiger partial charge in [-0.15, -0.1) is 0 Å². The maximum atomic E-state index is 13.8. The molecule has 92 valence electrons. The highest BCUT2D eigenvalue weighted by Gasteiger charge is 2.08. The second-order valence-electron chi connectivity index (χ2n) is 3.76. The van der Waals surface area contributed by atoms with Crippen LogP contribution in [0.5, 0.6) is 0 Å². The van der Waals surface area contributed by atoms with Crippen molar-refractivity contribution in [2.45, 2.75) is 16.7 Å². The van der Waals surface area contributed by atoms with Crippen molar-refractivity contribution in [1.82, 2.24) is 0 Å². The van der Waals surface area contributed by atoms with E-state index in [0.717, 1.165) is 4.90 Å². The average molecular weight is 281 g/mol. The Bertz CT molecular complexity index is 598. The summed E-state index contributed by atoms with van der Waals surface area (Å²) in [5.41, 5.74) is 0.378. The summed E-state index contributed by atoms with van der Waals surface area (Å²) in [4.78, 5) is 12.5. The van der Waals surface area contributed by atoms with Gasteiger partial charge in [-0.2, -0.15) is 0 Å². The van der Waals surface area contributed by atoms with Crippen molar-refractivity contribution in [3.05, 3.63) is 58.9 Å². The minimum Gasteiger partial charge on any atom is -0.295 e. The van der Waals surface area contributed by atoms with Crippen LogP contribution in [-0.4, -0.2) is 5.78 Å². The Kier molecular flexibility index (Phi) is 4.04. The van der Waals surface area contributed by atoms with Crippen molar-refractivity contribution < 1.29 is 9.18 Å². The van der Waals surface area contributed by atoms with Gasteiger partial charge in [-0.05, 0) is 37.3 Å². The summed E-state index contributed by atoms with van der Waals surface area (Å²) in [7, 11) is 0. The van der Waals surface area contributed by atoms with Gasteiger partial charge in [0.25, 0.3) is 0 Å². The van der Waals surface area contributed by atoms with E-state index in [1.807, 2.05) is 12.1 Å². The summed E-state index contributed by atoms with van der Waals surface area (Å²) >= 11 is 7.14. The molecule has 0 aromatic heterocycles. The van der Waals surface area contributed by atoms with Gasteiger partial charge >= 0.3 is 0 Å². The zero-order valence-electron chi connectivity index (χ0n) is 9.61. The number of carbonyl (C=O) groups is 1. The molecule has 2 aromatic carbocycles. The van der Waals surface area contributed by atoms with E-state index in [0.29, 0.717) is 15.5 Å². The largest absolute Gasteiger partial charge is 0.295 e. The quantitative estimate of drug-likeness (QED) is 0.749. The van der Waals surface area contributed by atoms with Gasteiger partial charge in [0.1, 0.15) is 5.82 Å². The first kappa shape index (κ1) is 13.1. The van der Waals surface area contributed by atoms with Crippen LogP contribution >= 0.6 is 23.4 Å². The van der Waals surface area contributed by atoms with E-state index in [-0.39, 0.29) is 5.78 Å². The molecular formula is C14H10ClFOS. The van der Waals surface area contributed by atoms with Crippen molar-refractivity contribution in [2.24, 2.45) is 0 Å². The van der Waals surface area contributed by atoms with Crippen LogP contribution in [0.2, 0.25) is 5.02 Å². The van der Waals surface area contributed by atoms with Gasteiger partial charge in [-0.3, -0.25) is 4.79 Å². The summed E-state index contributed by atoms with van der Waals surface area (Å²) < 4.78 is 13.8. The molecule has 0 unspecified atom stereocenters. The van der Waals surface area contributed by atoms with Crippen LogP contribution < -0.4 is 0 Å². The van der Waals surface area contributed by atoms with E-state index in [2.05, 4.69) is 0 Å². The molecule has 0 aliphatic heterocycles. The van der Waals surface area contributed by atoms with Crippen LogP contribution in [0.4, 0.5) is 4.39 Å². The maximum absolute atomic E-state index is 13.8. The lowest BCUT2D eigenvalue weighted by atomic mass is 10.1. The summed E-state index contributed by atoms with van der Waals surface area (Å²) in [6, 6.07) is 11.7. The number of halogens is 2. The molecule has 0 amide bonds. The summed E-state index contributed by atoms with van der Waals surface area (Å²) in [6.45, 7) is 1.42. The first-order chi connectivity index (χ1) is 8.56. The molecule has 1 nitrogen and oxygen atoms in total. The summed E-state index contributed by atoms with van der Waals surface area (Å²) in [5.74, 6) is -0.541. The van der Waals surface area contributed by atoms with E-state index in [1.165, 1.54) is 24.8 Å². The highest BCUT2D eigenvalue weighted by Crippen LogP contribution is 2.31. The fourth-order valence-electron chi connectivity index (χ4n) is 1.46. The molecule has 4 heteroatoms. The third-order valence-corrected chi connectivity index (χ3v) is 3.64. The van der Waals surface area contributed by atoms with E-state index >= 15 is 0 Å². The standard InChI is InChI=1S/C14H10ClFOS/c1-9(17)10-5-6-14(13(16)7-10)18-12-4-2-3-11(15)8-12/h2-8H,1H3. The van der Waals surface area contributed by atoms with Crippen LogP contribution in [0.15, 0.2) is 52.3 Å². The van der Waals surface area contributed by atoms with Crippen LogP contribution in [-0.2, 0) is 0 Å². The first-order valence-electron chi connectivity index (χ1n) is 5.30. The minimum atomic E-state index is -0.396. The van der Waals surface area contributed by atoms with Gasteiger partial charge < -0.3 is 0 Å². The molecule has 0 heterocycles. The molecule has 0 bridgehead atoms. The molecule has 2 rings (SSSR count). The van der Waals surface area contributed by atoms with Gasteiger partial charge in [-0.25, -0.2) is 4.39 Å². The second-order valence-corrected chi connectivity index (χ2v) is 5.31. The Labute approximate surface area is 114 Å². The molecule has 18 heavy (non-hydrogen) atoms. The average Bonchev–Trinajstić information content (AvgIpc) is 2.31. The third kappa shape index (κ3) is 3.12. The van der Waals surface area contributed by atoms with Crippen molar-refractivity contribution in [1.29, 1.82) is 0 Å². The number of rotatable bonds is 3. The van der Waals surface area contributed by atoms with Gasteiger partial charge in [0.2, 0.25) is 0 Å². The molecule has 0 aliphatic rings. The summed E-state index contributed by atoms with van der Waals surface area (Å²) in [6.07, 6.45) is 0. The van der Waals surface area contributed by atoms with Crippen LogP contribution in [0.3, 0.4) is 0 Å². The fraction of sp³-hybridized carbons (Fsp3) is 0.0714. The summed E-state index contributed by atoms with van der Waals surface area (Å²) in [5, 5.41) is 0.612. The van der Waals surface area contributed by atoms with Crippen molar-refractivity contribution in [3.63, 3.8) is 0 Å². The SMILES string of the molecule is CC(=O)c1ccc(Sc2cccc(Cl)c2)c(F)c1. The Morgan fingerprint density at radius 2 is 2.00 bits per heavy atom. The normalized spacial score (nSPS) is 10.4.